The highest BCUT2D eigenvalue weighted by atomic mass is 16.2. The lowest BCUT2D eigenvalue weighted by molar-refractivity contribution is -0.131. The van der Waals surface area contributed by atoms with Crippen molar-refractivity contribution in [1.82, 2.24) is 4.90 Å². The Kier molecular flexibility index (Phi) is 2.53. The van der Waals surface area contributed by atoms with Crippen LogP contribution in [-0.4, -0.2) is 17.4 Å². The van der Waals surface area contributed by atoms with E-state index in [1.807, 2.05) is 30.0 Å². The Morgan fingerprint density at radius 3 is 2.64 bits per heavy atom. The van der Waals surface area contributed by atoms with Crippen LogP contribution in [0.2, 0.25) is 0 Å². The predicted octanol–water partition coefficient (Wildman–Crippen LogP) is 2.05. The van der Waals surface area contributed by atoms with Crippen LogP contribution in [0.25, 0.3) is 0 Å². The maximum absolute atomic E-state index is 11.6. The van der Waals surface area contributed by atoms with E-state index in [4.69, 9.17) is 0 Å². The maximum atomic E-state index is 11.6. The number of likely N-dealkylation sites (tertiary alicyclic amines) is 1. The number of hydrogen-bond acceptors (Lipinski definition) is 1. The molecule has 0 radical (unpaired) electrons. The molecule has 1 aromatic rings. The quantitative estimate of drug-likeness (QED) is 0.697. The van der Waals surface area contributed by atoms with Gasteiger partial charge in [0.1, 0.15) is 0 Å². The molecule has 1 fully saturated rings. The fourth-order valence-corrected chi connectivity index (χ4v) is 1.86. The molecule has 0 aliphatic carbocycles. The molecule has 74 valence electrons. The van der Waals surface area contributed by atoms with E-state index in [-0.39, 0.29) is 5.92 Å². The molecule has 2 rings (SSSR count). The highest BCUT2D eigenvalue weighted by Gasteiger charge is 2.27. The molecule has 14 heavy (non-hydrogen) atoms. The molecule has 1 aliphatic rings. The van der Waals surface area contributed by atoms with Gasteiger partial charge >= 0.3 is 0 Å². The number of carbonyl (C=O) groups excluding carboxylic acids is 1. The van der Waals surface area contributed by atoms with Gasteiger partial charge in [-0.25, -0.2) is 0 Å². The van der Waals surface area contributed by atoms with Gasteiger partial charge in [0.2, 0.25) is 5.91 Å². The van der Waals surface area contributed by atoms with E-state index in [2.05, 4.69) is 12.1 Å². The summed E-state index contributed by atoms with van der Waals surface area (Å²) in [4.78, 5) is 13.6. The standard InChI is InChI=1S/C12H15NO/c1-10-7-8-13(12(10)14)9-11-5-3-2-4-6-11/h2-6,10H,7-9H2,1H3/t10-/m0/s1. The van der Waals surface area contributed by atoms with E-state index in [9.17, 15) is 4.79 Å². The number of nitrogens with zero attached hydrogens (tertiary/aromatic N) is 1. The zero-order chi connectivity index (χ0) is 9.97. The molecule has 0 N–H and O–H groups in total. The molecule has 2 nitrogen and oxygen atoms in total. The van der Waals surface area contributed by atoms with Gasteiger partial charge in [-0.2, -0.15) is 0 Å². The Morgan fingerprint density at radius 1 is 1.36 bits per heavy atom. The van der Waals surface area contributed by atoms with Crippen molar-refractivity contribution in [3.05, 3.63) is 35.9 Å². The Morgan fingerprint density at radius 2 is 2.07 bits per heavy atom. The van der Waals surface area contributed by atoms with Crippen LogP contribution in [0.1, 0.15) is 18.9 Å². The number of hydrogen-bond donors (Lipinski definition) is 0. The number of carbonyl (C=O) groups is 1. The van der Waals surface area contributed by atoms with Crippen molar-refractivity contribution in [3.63, 3.8) is 0 Å². The van der Waals surface area contributed by atoms with Gasteiger partial charge in [-0.1, -0.05) is 37.3 Å². The third kappa shape index (κ3) is 1.79. The highest BCUT2D eigenvalue weighted by Crippen LogP contribution is 2.19. The lowest BCUT2D eigenvalue weighted by Gasteiger charge is -2.15. The summed E-state index contributed by atoms with van der Waals surface area (Å²) in [5.74, 6) is 0.521. The van der Waals surface area contributed by atoms with Crippen molar-refractivity contribution in [2.75, 3.05) is 6.54 Å². The predicted molar refractivity (Wildman–Crippen MR) is 55.6 cm³/mol. The third-order valence-corrected chi connectivity index (χ3v) is 2.78. The average molecular weight is 189 g/mol. The molecule has 1 atom stereocenters. The Labute approximate surface area is 84.5 Å². The summed E-state index contributed by atoms with van der Waals surface area (Å²) < 4.78 is 0. The van der Waals surface area contributed by atoms with Gasteiger partial charge in [0.05, 0.1) is 0 Å². The Bertz CT molecular complexity index is 320. The number of amides is 1. The average Bonchev–Trinajstić information content (AvgIpc) is 2.52. The molecular formula is C12H15NO. The minimum absolute atomic E-state index is 0.221. The summed E-state index contributed by atoms with van der Waals surface area (Å²) >= 11 is 0. The maximum Gasteiger partial charge on any atom is 0.225 e. The smallest absolute Gasteiger partial charge is 0.225 e. The van der Waals surface area contributed by atoms with Crippen LogP contribution >= 0.6 is 0 Å². The zero-order valence-electron chi connectivity index (χ0n) is 8.44. The molecular weight excluding hydrogens is 174 g/mol. The van der Waals surface area contributed by atoms with Crippen molar-refractivity contribution < 1.29 is 4.79 Å². The third-order valence-electron chi connectivity index (χ3n) is 2.78. The van der Waals surface area contributed by atoms with Gasteiger partial charge < -0.3 is 4.90 Å². The lowest BCUT2D eigenvalue weighted by Crippen LogP contribution is -2.25. The zero-order valence-corrected chi connectivity index (χ0v) is 8.44. The minimum Gasteiger partial charge on any atom is -0.338 e. The first-order valence-electron chi connectivity index (χ1n) is 5.10. The summed E-state index contributed by atoms with van der Waals surface area (Å²) in [5, 5.41) is 0. The van der Waals surface area contributed by atoms with Gasteiger partial charge in [-0.15, -0.1) is 0 Å². The molecule has 0 aromatic heterocycles. The Hall–Kier alpha value is -1.31. The Balaban J connectivity index is 2.02. The van der Waals surface area contributed by atoms with Gasteiger partial charge in [0, 0.05) is 19.0 Å². The molecule has 0 spiro atoms. The van der Waals surface area contributed by atoms with E-state index >= 15 is 0 Å². The molecule has 1 heterocycles. The molecule has 0 unspecified atom stereocenters. The van der Waals surface area contributed by atoms with E-state index in [0.29, 0.717) is 5.91 Å². The van der Waals surface area contributed by atoms with E-state index < -0.39 is 0 Å². The first kappa shape index (κ1) is 9.25. The summed E-state index contributed by atoms with van der Waals surface area (Å²) in [6, 6.07) is 10.2. The molecule has 2 heteroatoms. The normalized spacial score (nSPS) is 21.6. The highest BCUT2D eigenvalue weighted by molar-refractivity contribution is 5.80. The second-order valence-corrected chi connectivity index (χ2v) is 3.94. The van der Waals surface area contributed by atoms with Crippen molar-refractivity contribution in [1.29, 1.82) is 0 Å². The largest absolute Gasteiger partial charge is 0.338 e. The first-order valence-corrected chi connectivity index (χ1v) is 5.10. The molecule has 1 aliphatic heterocycles. The monoisotopic (exact) mass is 189 g/mol. The van der Waals surface area contributed by atoms with Crippen LogP contribution in [0, 0.1) is 5.92 Å². The van der Waals surface area contributed by atoms with Gasteiger partial charge in [-0.05, 0) is 12.0 Å². The number of benzene rings is 1. The first-order chi connectivity index (χ1) is 6.77. The van der Waals surface area contributed by atoms with Crippen molar-refractivity contribution in [3.8, 4) is 0 Å². The molecule has 1 saturated heterocycles. The summed E-state index contributed by atoms with van der Waals surface area (Å²) in [6.07, 6.45) is 1.01. The summed E-state index contributed by atoms with van der Waals surface area (Å²) in [7, 11) is 0. The van der Waals surface area contributed by atoms with Crippen molar-refractivity contribution in [2.24, 2.45) is 5.92 Å². The van der Waals surface area contributed by atoms with Gasteiger partial charge in [0.25, 0.3) is 0 Å². The van der Waals surface area contributed by atoms with Gasteiger partial charge in [-0.3, -0.25) is 4.79 Å². The van der Waals surface area contributed by atoms with Crippen LogP contribution < -0.4 is 0 Å². The fraction of sp³-hybridized carbons (Fsp3) is 0.417. The summed E-state index contributed by atoms with van der Waals surface area (Å²) in [5.41, 5.74) is 1.22. The summed E-state index contributed by atoms with van der Waals surface area (Å²) in [6.45, 7) is 3.69. The van der Waals surface area contributed by atoms with Crippen LogP contribution in [0.4, 0.5) is 0 Å². The fourth-order valence-electron chi connectivity index (χ4n) is 1.86. The minimum atomic E-state index is 0.221. The second-order valence-electron chi connectivity index (χ2n) is 3.94. The molecule has 0 bridgehead atoms. The van der Waals surface area contributed by atoms with Crippen molar-refractivity contribution in [2.45, 2.75) is 19.9 Å². The van der Waals surface area contributed by atoms with Gasteiger partial charge in [0.15, 0.2) is 0 Å². The van der Waals surface area contributed by atoms with E-state index in [0.717, 1.165) is 19.5 Å². The SMILES string of the molecule is C[C@H]1CCN(Cc2ccccc2)C1=O. The van der Waals surface area contributed by atoms with E-state index in [1.54, 1.807) is 0 Å². The number of rotatable bonds is 2. The van der Waals surface area contributed by atoms with Crippen LogP contribution in [0.3, 0.4) is 0 Å². The topological polar surface area (TPSA) is 20.3 Å². The van der Waals surface area contributed by atoms with E-state index in [1.165, 1.54) is 5.56 Å². The molecule has 1 aromatic carbocycles. The molecule has 1 amide bonds. The van der Waals surface area contributed by atoms with Crippen LogP contribution in [0.5, 0.6) is 0 Å². The van der Waals surface area contributed by atoms with Crippen LogP contribution in [0.15, 0.2) is 30.3 Å². The molecule has 0 saturated carbocycles. The van der Waals surface area contributed by atoms with Crippen molar-refractivity contribution >= 4 is 5.91 Å². The second kappa shape index (κ2) is 3.82. The van der Waals surface area contributed by atoms with Crippen LogP contribution in [-0.2, 0) is 11.3 Å². The lowest BCUT2D eigenvalue weighted by atomic mass is 10.1.